The molecule has 0 aliphatic carbocycles. The van der Waals surface area contributed by atoms with Gasteiger partial charge in [0.05, 0.1) is 12.5 Å². The molecule has 5 nitrogen and oxygen atoms in total. The average Bonchev–Trinajstić information content (AvgIpc) is 3.00. The Morgan fingerprint density at radius 1 is 1.32 bits per heavy atom. The Kier molecular flexibility index (Phi) is 7.24. The summed E-state index contributed by atoms with van der Waals surface area (Å²) in [5, 5.41) is 12.8. The zero-order chi connectivity index (χ0) is 18.1. The van der Waals surface area contributed by atoms with Gasteiger partial charge in [-0.05, 0) is 25.2 Å². The van der Waals surface area contributed by atoms with Crippen LogP contribution in [0.5, 0.6) is 0 Å². The maximum Gasteiger partial charge on any atom is 0.244 e. The summed E-state index contributed by atoms with van der Waals surface area (Å²) in [6.07, 6.45) is 5.89. The molecule has 0 unspecified atom stereocenters. The van der Waals surface area contributed by atoms with E-state index in [2.05, 4.69) is 34.7 Å². The highest BCUT2D eigenvalue weighted by molar-refractivity contribution is 5.96. The lowest BCUT2D eigenvalue weighted by molar-refractivity contribution is -0.116. The molecule has 1 aromatic carbocycles. The van der Waals surface area contributed by atoms with Crippen LogP contribution in [-0.2, 0) is 11.3 Å². The van der Waals surface area contributed by atoms with E-state index >= 15 is 0 Å². The van der Waals surface area contributed by atoms with Crippen molar-refractivity contribution in [2.45, 2.75) is 26.8 Å². The zero-order valence-corrected chi connectivity index (χ0v) is 15.0. The van der Waals surface area contributed by atoms with Crippen LogP contribution in [0.4, 0.5) is 0 Å². The Morgan fingerprint density at radius 2 is 2.08 bits per heavy atom. The predicted octanol–water partition coefficient (Wildman–Crippen LogP) is 3.03. The summed E-state index contributed by atoms with van der Waals surface area (Å²) >= 11 is 0. The number of rotatable bonds is 9. The largest absolute Gasteiger partial charge is 0.351 e. The minimum absolute atomic E-state index is 0.0824. The van der Waals surface area contributed by atoms with Crippen molar-refractivity contribution in [1.29, 1.82) is 5.26 Å². The van der Waals surface area contributed by atoms with E-state index in [0.717, 1.165) is 36.1 Å². The third kappa shape index (κ3) is 5.20. The molecule has 0 saturated heterocycles. The fourth-order valence-electron chi connectivity index (χ4n) is 2.86. The van der Waals surface area contributed by atoms with Crippen LogP contribution in [0.25, 0.3) is 17.0 Å². The molecule has 0 fully saturated rings. The van der Waals surface area contributed by atoms with Crippen LogP contribution in [0.3, 0.4) is 0 Å². The van der Waals surface area contributed by atoms with E-state index in [1.54, 1.807) is 6.08 Å². The van der Waals surface area contributed by atoms with E-state index < -0.39 is 0 Å². The number of aryl methyl sites for hydroxylation is 1. The number of carbonyl (C=O) groups excluding carboxylic acids is 1. The van der Waals surface area contributed by atoms with Crippen molar-refractivity contribution in [2.75, 3.05) is 26.2 Å². The van der Waals surface area contributed by atoms with Gasteiger partial charge in [0, 0.05) is 48.4 Å². The lowest BCUT2D eigenvalue weighted by atomic mass is 10.1. The van der Waals surface area contributed by atoms with Gasteiger partial charge < -0.3 is 14.8 Å². The number of nitriles is 1. The van der Waals surface area contributed by atoms with Crippen LogP contribution < -0.4 is 5.32 Å². The number of aromatic nitrogens is 1. The van der Waals surface area contributed by atoms with E-state index in [-0.39, 0.29) is 5.91 Å². The molecule has 132 valence electrons. The van der Waals surface area contributed by atoms with Gasteiger partial charge in [-0.3, -0.25) is 4.79 Å². The van der Waals surface area contributed by atoms with Gasteiger partial charge in [-0.15, -0.1) is 0 Å². The van der Waals surface area contributed by atoms with E-state index in [0.29, 0.717) is 19.5 Å². The third-order valence-corrected chi connectivity index (χ3v) is 4.32. The van der Waals surface area contributed by atoms with E-state index in [1.807, 2.05) is 36.5 Å². The Bertz CT molecular complexity index is 766. The average molecular weight is 338 g/mol. The van der Waals surface area contributed by atoms with Gasteiger partial charge in [0.15, 0.2) is 0 Å². The second-order valence-electron chi connectivity index (χ2n) is 5.85. The standard InChI is InChI=1S/C20H26N4O/c1-3-23(4-2)15-13-22-20(25)11-10-17-16-24(14-7-12-21)19-9-6-5-8-18(17)19/h5-6,8-11,16H,3-4,7,13-15H2,1-2H3,(H,22,25)/b11-10+. The molecule has 0 bridgehead atoms. The summed E-state index contributed by atoms with van der Waals surface area (Å²) < 4.78 is 2.07. The number of fused-ring (bicyclic) bond motifs is 1. The predicted molar refractivity (Wildman–Crippen MR) is 102 cm³/mol. The van der Waals surface area contributed by atoms with Crippen LogP contribution in [0.1, 0.15) is 25.8 Å². The lowest BCUT2D eigenvalue weighted by Gasteiger charge is -2.17. The normalized spacial score (nSPS) is 11.3. The molecule has 0 spiro atoms. The highest BCUT2D eigenvalue weighted by Gasteiger charge is 2.06. The first-order chi connectivity index (χ1) is 12.2. The molecule has 2 aromatic rings. The third-order valence-electron chi connectivity index (χ3n) is 4.32. The summed E-state index contributed by atoms with van der Waals surface area (Å²) in [6, 6.07) is 10.2. The molecule has 1 aromatic heterocycles. The molecule has 0 aliphatic heterocycles. The van der Waals surface area contributed by atoms with Crippen molar-refractivity contribution in [1.82, 2.24) is 14.8 Å². The van der Waals surface area contributed by atoms with Gasteiger partial charge in [-0.1, -0.05) is 32.0 Å². The van der Waals surface area contributed by atoms with Crippen LogP contribution in [0.15, 0.2) is 36.5 Å². The molecular weight excluding hydrogens is 312 g/mol. The second-order valence-corrected chi connectivity index (χ2v) is 5.85. The minimum atomic E-state index is -0.0824. The van der Waals surface area contributed by atoms with Gasteiger partial charge >= 0.3 is 0 Å². The van der Waals surface area contributed by atoms with Crippen molar-refractivity contribution < 1.29 is 4.79 Å². The van der Waals surface area contributed by atoms with Crippen LogP contribution in [0.2, 0.25) is 0 Å². The Labute approximate surface area is 149 Å². The number of nitrogens with one attached hydrogen (secondary N) is 1. The van der Waals surface area contributed by atoms with Gasteiger partial charge in [0.1, 0.15) is 0 Å². The first-order valence-electron chi connectivity index (χ1n) is 8.82. The molecule has 0 atom stereocenters. The van der Waals surface area contributed by atoms with Gasteiger partial charge in [0.25, 0.3) is 0 Å². The monoisotopic (exact) mass is 338 g/mol. The molecule has 0 radical (unpaired) electrons. The number of nitrogens with zero attached hydrogens (tertiary/aromatic N) is 3. The summed E-state index contributed by atoms with van der Waals surface area (Å²) in [5.41, 5.74) is 2.08. The summed E-state index contributed by atoms with van der Waals surface area (Å²) in [4.78, 5) is 14.3. The van der Waals surface area contributed by atoms with Crippen molar-refractivity contribution in [3.8, 4) is 6.07 Å². The summed E-state index contributed by atoms with van der Waals surface area (Å²) in [7, 11) is 0. The fourth-order valence-corrected chi connectivity index (χ4v) is 2.86. The Balaban J connectivity index is 2.03. The maximum absolute atomic E-state index is 12.0. The fraction of sp³-hybridized carbons (Fsp3) is 0.400. The number of para-hydroxylation sites is 1. The van der Waals surface area contributed by atoms with Gasteiger partial charge in [-0.25, -0.2) is 0 Å². The number of benzene rings is 1. The van der Waals surface area contributed by atoms with Crippen molar-refractivity contribution in [2.24, 2.45) is 0 Å². The number of hydrogen-bond acceptors (Lipinski definition) is 3. The molecule has 1 N–H and O–H groups in total. The molecule has 25 heavy (non-hydrogen) atoms. The smallest absolute Gasteiger partial charge is 0.244 e. The molecule has 1 amide bonds. The number of carbonyl (C=O) groups is 1. The SMILES string of the molecule is CCN(CC)CCNC(=O)/C=C/c1cn(CCC#N)c2ccccc12. The topological polar surface area (TPSA) is 61.1 Å². The van der Waals surface area contributed by atoms with Crippen molar-refractivity contribution >= 4 is 22.9 Å². The van der Waals surface area contributed by atoms with Crippen molar-refractivity contribution in [3.63, 3.8) is 0 Å². The number of amides is 1. The Hall–Kier alpha value is -2.58. The van der Waals surface area contributed by atoms with Crippen LogP contribution >= 0.6 is 0 Å². The maximum atomic E-state index is 12.0. The number of likely N-dealkylation sites (N-methyl/N-ethyl adjacent to an activating group) is 1. The first kappa shape index (κ1) is 18.8. The van der Waals surface area contributed by atoms with Crippen LogP contribution in [0, 0.1) is 11.3 Å². The van der Waals surface area contributed by atoms with Crippen molar-refractivity contribution in [3.05, 3.63) is 42.1 Å². The molecule has 1 heterocycles. The molecule has 2 rings (SSSR count). The molecule has 5 heteroatoms. The lowest BCUT2D eigenvalue weighted by Crippen LogP contribution is -2.34. The first-order valence-corrected chi connectivity index (χ1v) is 8.82. The summed E-state index contributed by atoms with van der Waals surface area (Å²) in [5.74, 6) is -0.0824. The van der Waals surface area contributed by atoms with Gasteiger partial charge in [-0.2, -0.15) is 5.26 Å². The Morgan fingerprint density at radius 3 is 2.80 bits per heavy atom. The quantitative estimate of drug-likeness (QED) is 0.715. The molecular formula is C20H26N4O. The van der Waals surface area contributed by atoms with Crippen LogP contribution in [-0.4, -0.2) is 41.6 Å². The molecule has 0 aliphatic rings. The molecule has 0 saturated carbocycles. The highest BCUT2D eigenvalue weighted by atomic mass is 16.1. The van der Waals surface area contributed by atoms with E-state index in [4.69, 9.17) is 5.26 Å². The van der Waals surface area contributed by atoms with Gasteiger partial charge in [0.2, 0.25) is 5.91 Å². The zero-order valence-electron chi connectivity index (χ0n) is 15.0. The van der Waals surface area contributed by atoms with E-state index in [1.165, 1.54) is 0 Å². The minimum Gasteiger partial charge on any atom is -0.351 e. The number of hydrogen-bond donors (Lipinski definition) is 1. The second kappa shape index (κ2) is 9.65. The highest BCUT2D eigenvalue weighted by Crippen LogP contribution is 2.22. The van der Waals surface area contributed by atoms with E-state index in [9.17, 15) is 4.79 Å². The summed E-state index contributed by atoms with van der Waals surface area (Å²) in [6.45, 7) is 8.38.